The number of hydrogen-bond acceptors (Lipinski definition) is 5. The first-order chi connectivity index (χ1) is 14.0. The van der Waals surface area contributed by atoms with Crippen molar-refractivity contribution in [1.82, 2.24) is 0 Å². The van der Waals surface area contributed by atoms with Crippen molar-refractivity contribution >= 4 is 29.2 Å². The molecule has 0 aromatic heterocycles. The van der Waals surface area contributed by atoms with Crippen molar-refractivity contribution in [3.05, 3.63) is 54.1 Å². The highest BCUT2D eigenvalue weighted by Gasteiger charge is 2.31. The summed E-state index contributed by atoms with van der Waals surface area (Å²) >= 11 is 0. The van der Waals surface area contributed by atoms with Gasteiger partial charge in [-0.1, -0.05) is 18.9 Å². The minimum absolute atomic E-state index is 0.278. The maximum Gasteiger partial charge on any atom is 0.255 e. The molecule has 1 aliphatic carbocycles. The van der Waals surface area contributed by atoms with Gasteiger partial charge in [-0.2, -0.15) is 0 Å². The Labute approximate surface area is 169 Å². The number of carboxylic acid groups (broad SMARTS) is 1. The Morgan fingerprint density at radius 3 is 2.17 bits per heavy atom. The average Bonchev–Trinajstić information content (AvgIpc) is 2.75. The van der Waals surface area contributed by atoms with Crippen LogP contribution in [0.2, 0.25) is 0 Å². The largest absolute Gasteiger partial charge is 0.550 e. The first-order valence-electron chi connectivity index (χ1n) is 9.55. The normalized spacial score (nSPS) is 18.5. The molecule has 152 valence electrons. The van der Waals surface area contributed by atoms with Crippen molar-refractivity contribution in [3.8, 4) is 5.75 Å². The van der Waals surface area contributed by atoms with Gasteiger partial charge in [0, 0.05) is 34.7 Å². The molecule has 7 nitrogen and oxygen atoms in total. The van der Waals surface area contributed by atoms with Gasteiger partial charge in [0.1, 0.15) is 5.75 Å². The average molecular weight is 395 g/mol. The number of aliphatic carboxylic acids is 1. The molecule has 1 fully saturated rings. The number of carboxylic acids is 1. The van der Waals surface area contributed by atoms with Crippen LogP contribution in [0.1, 0.15) is 36.0 Å². The van der Waals surface area contributed by atoms with Crippen molar-refractivity contribution < 1.29 is 24.2 Å². The third kappa shape index (κ3) is 5.13. The maximum absolute atomic E-state index is 12.5. The zero-order valence-corrected chi connectivity index (χ0v) is 16.1. The molecule has 1 aliphatic rings. The van der Waals surface area contributed by atoms with Crippen LogP contribution in [0, 0.1) is 11.8 Å². The number of anilines is 2. The van der Waals surface area contributed by atoms with Gasteiger partial charge in [-0.3, -0.25) is 9.59 Å². The van der Waals surface area contributed by atoms with Gasteiger partial charge < -0.3 is 25.3 Å². The molecule has 0 aliphatic heterocycles. The predicted octanol–water partition coefficient (Wildman–Crippen LogP) is 2.44. The van der Waals surface area contributed by atoms with Crippen LogP contribution in [0.3, 0.4) is 0 Å². The number of amides is 2. The Balaban J connectivity index is 1.61. The Kier molecular flexibility index (Phi) is 6.49. The lowest BCUT2D eigenvalue weighted by Gasteiger charge is -2.31. The molecule has 0 bridgehead atoms. The van der Waals surface area contributed by atoms with E-state index in [0.717, 1.165) is 12.8 Å². The topological polar surface area (TPSA) is 108 Å². The molecular weight excluding hydrogens is 372 g/mol. The zero-order valence-electron chi connectivity index (χ0n) is 16.1. The molecule has 0 heterocycles. The number of benzene rings is 2. The summed E-state index contributed by atoms with van der Waals surface area (Å²) in [7, 11) is 1.53. The van der Waals surface area contributed by atoms with Gasteiger partial charge in [0.15, 0.2) is 0 Å². The van der Waals surface area contributed by atoms with Crippen LogP contribution in [0.5, 0.6) is 5.75 Å². The van der Waals surface area contributed by atoms with E-state index in [2.05, 4.69) is 10.6 Å². The summed E-state index contributed by atoms with van der Waals surface area (Å²) in [6.07, 6.45) is 2.63. The Bertz CT molecular complexity index is 894. The van der Waals surface area contributed by atoms with Gasteiger partial charge in [0.25, 0.3) is 5.91 Å². The maximum atomic E-state index is 12.5. The second-order valence-electron chi connectivity index (χ2n) is 7.07. The minimum atomic E-state index is -1.17. The van der Waals surface area contributed by atoms with E-state index < -0.39 is 17.8 Å². The number of carbonyl (C=O) groups excluding carboxylic acids is 3. The highest BCUT2D eigenvalue weighted by Crippen LogP contribution is 2.31. The quantitative estimate of drug-likeness (QED) is 0.781. The number of methoxy groups -OCH3 is 1. The molecule has 2 aromatic rings. The van der Waals surface area contributed by atoms with E-state index in [1.807, 2.05) is 0 Å². The molecule has 2 N–H and O–H groups in total. The van der Waals surface area contributed by atoms with Gasteiger partial charge in [-0.15, -0.1) is 0 Å². The lowest BCUT2D eigenvalue weighted by molar-refractivity contribution is -0.313. The lowest BCUT2D eigenvalue weighted by Crippen LogP contribution is -2.42. The SMILES string of the molecule is COc1cccc(C(=O)Nc2ccc(NC(=O)[C@H]3CCCC[C@H]3C(=O)[O-])cc2)c1. The third-order valence-electron chi connectivity index (χ3n) is 5.15. The van der Waals surface area contributed by atoms with Crippen molar-refractivity contribution in [1.29, 1.82) is 0 Å². The van der Waals surface area contributed by atoms with Crippen LogP contribution in [0.25, 0.3) is 0 Å². The zero-order chi connectivity index (χ0) is 20.8. The van der Waals surface area contributed by atoms with Crippen molar-refractivity contribution in [2.45, 2.75) is 25.7 Å². The predicted molar refractivity (Wildman–Crippen MR) is 106 cm³/mol. The second-order valence-corrected chi connectivity index (χ2v) is 7.07. The highest BCUT2D eigenvalue weighted by atomic mass is 16.5. The Hall–Kier alpha value is -3.35. The smallest absolute Gasteiger partial charge is 0.255 e. The third-order valence-corrected chi connectivity index (χ3v) is 5.15. The Morgan fingerprint density at radius 1 is 0.931 bits per heavy atom. The standard InChI is InChI=1S/C22H24N2O5/c1-29-17-6-4-5-14(13-17)20(25)23-15-9-11-16(12-10-15)24-21(26)18-7-2-3-8-19(18)22(27)28/h4-6,9-13,18-19H,2-3,7-8H2,1H3,(H,23,25)(H,24,26)(H,27,28)/p-1/t18-,19+/m0/s1. The van der Waals surface area contributed by atoms with E-state index >= 15 is 0 Å². The lowest BCUT2D eigenvalue weighted by atomic mass is 9.78. The monoisotopic (exact) mass is 395 g/mol. The highest BCUT2D eigenvalue weighted by molar-refractivity contribution is 6.04. The molecule has 0 unspecified atom stereocenters. The molecule has 1 saturated carbocycles. The first-order valence-corrected chi connectivity index (χ1v) is 9.55. The summed E-state index contributed by atoms with van der Waals surface area (Å²) in [6, 6.07) is 13.5. The molecule has 2 atom stereocenters. The molecule has 3 rings (SSSR count). The first kappa shape index (κ1) is 20.4. The minimum Gasteiger partial charge on any atom is -0.550 e. The molecule has 2 aromatic carbocycles. The van der Waals surface area contributed by atoms with E-state index in [0.29, 0.717) is 35.5 Å². The molecule has 0 spiro atoms. The Morgan fingerprint density at radius 2 is 1.55 bits per heavy atom. The number of hydrogen-bond donors (Lipinski definition) is 2. The number of ether oxygens (including phenoxy) is 1. The van der Waals surface area contributed by atoms with Gasteiger partial charge >= 0.3 is 0 Å². The number of carbonyl (C=O) groups is 3. The molecule has 7 heteroatoms. The van der Waals surface area contributed by atoms with Gasteiger partial charge in [0.05, 0.1) is 7.11 Å². The summed E-state index contributed by atoms with van der Waals surface area (Å²) in [6.45, 7) is 0. The second kappa shape index (κ2) is 9.23. The van der Waals surface area contributed by atoms with Crippen molar-refractivity contribution in [2.75, 3.05) is 17.7 Å². The van der Waals surface area contributed by atoms with E-state index in [1.54, 1.807) is 48.5 Å². The fourth-order valence-electron chi connectivity index (χ4n) is 3.57. The van der Waals surface area contributed by atoms with Crippen molar-refractivity contribution in [3.63, 3.8) is 0 Å². The molecule has 29 heavy (non-hydrogen) atoms. The summed E-state index contributed by atoms with van der Waals surface area (Å²) in [5.74, 6) is -2.49. The van der Waals surface area contributed by atoms with E-state index in [1.165, 1.54) is 7.11 Å². The van der Waals surface area contributed by atoms with E-state index in [4.69, 9.17) is 4.74 Å². The number of rotatable bonds is 6. The van der Waals surface area contributed by atoms with Crippen LogP contribution in [-0.2, 0) is 9.59 Å². The summed E-state index contributed by atoms with van der Waals surface area (Å²) in [5.41, 5.74) is 1.57. The van der Waals surface area contributed by atoms with Crippen LogP contribution >= 0.6 is 0 Å². The van der Waals surface area contributed by atoms with E-state index in [9.17, 15) is 19.5 Å². The van der Waals surface area contributed by atoms with Gasteiger partial charge in [0.2, 0.25) is 5.91 Å². The van der Waals surface area contributed by atoms with Crippen molar-refractivity contribution in [2.24, 2.45) is 11.8 Å². The molecule has 0 saturated heterocycles. The molecule has 2 amide bonds. The van der Waals surface area contributed by atoms with Crippen LogP contribution < -0.4 is 20.5 Å². The fraction of sp³-hybridized carbons (Fsp3) is 0.318. The fourth-order valence-corrected chi connectivity index (χ4v) is 3.57. The van der Waals surface area contributed by atoms with Crippen LogP contribution in [0.4, 0.5) is 11.4 Å². The van der Waals surface area contributed by atoms with Crippen LogP contribution in [-0.4, -0.2) is 24.9 Å². The molecule has 0 radical (unpaired) electrons. The summed E-state index contributed by atoms with van der Waals surface area (Å²) < 4.78 is 5.12. The van der Waals surface area contributed by atoms with E-state index in [-0.39, 0.29) is 11.8 Å². The summed E-state index contributed by atoms with van der Waals surface area (Å²) in [4.78, 5) is 36.1. The van der Waals surface area contributed by atoms with Gasteiger partial charge in [-0.05, 0) is 55.3 Å². The van der Waals surface area contributed by atoms with Gasteiger partial charge in [-0.25, -0.2) is 0 Å². The molecular formula is C22H23N2O5-. The number of nitrogens with one attached hydrogen (secondary N) is 2. The summed E-state index contributed by atoms with van der Waals surface area (Å²) in [5, 5.41) is 16.8. The van der Waals surface area contributed by atoms with Crippen LogP contribution in [0.15, 0.2) is 48.5 Å².